The Labute approximate surface area is 105 Å². The molecule has 0 saturated carbocycles. The summed E-state index contributed by atoms with van der Waals surface area (Å²) >= 11 is 11.8. The summed E-state index contributed by atoms with van der Waals surface area (Å²) in [5, 5.41) is 0.713. The molecular weight excluding hydrogens is 245 g/mol. The van der Waals surface area contributed by atoms with Gasteiger partial charge in [0.15, 0.2) is 0 Å². The zero-order valence-corrected chi connectivity index (χ0v) is 10.3. The minimum atomic E-state index is 0.172. The summed E-state index contributed by atoms with van der Waals surface area (Å²) in [7, 11) is 0. The van der Waals surface area contributed by atoms with Gasteiger partial charge in [0.25, 0.3) is 0 Å². The van der Waals surface area contributed by atoms with Gasteiger partial charge in [0.2, 0.25) is 5.91 Å². The highest BCUT2D eigenvalue weighted by Gasteiger charge is 2.28. The molecule has 1 atom stereocenters. The summed E-state index contributed by atoms with van der Waals surface area (Å²) in [4.78, 5) is 13.5. The third-order valence-corrected chi connectivity index (χ3v) is 3.64. The number of nitrogens with zero attached hydrogens (tertiary/aromatic N) is 1. The van der Waals surface area contributed by atoms with Crippen LogP contribution in [-0.4, -0.2) is 23.2 Å². The Bertz CT molecular complexity index is 394. The zero-order chi connectivity index (χ0) is 11.5. The van der Waals surface area contributed by atoms with Crippen LogP contribution in [0, 0.1) is 5.92 Å². The molecule has 0 aliphatic carbocycles. The van der Waals surface area contributed by atoms with Crippen LogP contribution >= 0.6 is 23.2 Å². The number of halogens is 2. The number of carbonyl (C=O) groups is 1. The molecule has 86 valence electrons. The molecule has 0 spiro atoms. The molecule has 1 amide bonds. The van der Waals surface area contributed by atoms with Gasteiger partial charge in [0.05, 0.1) is 0 Å². The van der Waals surface area contributed by atoms with Crippen LogP contribution in [0.1, 0.15) is 12.0 Å². The van der Waals surface area contributed by atoms with Crippen molar-refractivity contribution in [2.45, 2.75) is 13.0 Å². The molecule has 1 aromatic carbocycles. The van der Waals surface area contributed by atoms with Crippen molar-refractivity contribution in [1.82, 2.24) is 4.90 Å². The molecule has 1 saturated heterocycles. The fourth-order valence-electron chi connectivity index (χ4n) is 1.94. The molecule has 1 heterocycles. The molecule has 0 bridgehead atoms. The van der Waals surface area contributed by atoms with Crippen LogP contribution in [0.25, 0.3) is 0 Å². The molecule has 2 nitrogen and oxygen atoms in total. The number of rotatable bonds is 3. The van der Waals surface area contributed by atoms with Crippen LogP contribution in [0.5, 0.6) is 0 Å². The maximum Gasteiger partial charge on any atom is 0.223 e. The van der Waals surface area contributed by atoms with Crippen molar-refractivity contribution < 1.29 is 4.79 Å². The Morgan fingerprint density at radius 2 is 2.12 bits per heavy atom. The average molecular weight is 258 g/mol. The Morgan fingerprint density at radius 1 is 1.38 bits per heavy atom. The van der Waals surface area contributed by atoms with E-state index in [-0.39, 0.29) is 11.8 Å². The van der Waals surface area contributed by atoms with Gasteiger partial charge in [-0.05, 0) is 17.5 Å². The highest BCUT2D eigenvalue weighted by Crippen LogP contribution is 2.23. The van der Waals surface area contributed by atoms with E-state index in [1.54, 1.807) is 0 Å². The van der Waals surface area contributed by atoms with Gasteiger partial charge in [0, 0.05) is 30.4 Å². The van der Waals surface area contributed by atoms with E-state index >= 15 is 0 Å². The molecule has 0 aromatic heterocycles. The monoisotopic (exact) mass is 257 g/mol. The first-order valence-corrected chi connectivity index (χ1v) is 6.19. The van der Waals surface area contributed by atoms with E-state index in [0.29, 0.717) is 23.9 Å². The largest absolute Gasteiger partial charge is 0.338 e. The van der Waals surface area contributed by atoms with Crippen LogP contribution in [-0.2, 0) is 11.3 Å². The van der Waals surface area contributed by atoms with Crippen molar-refractivity contribution in [3.8, 4) is 0 Å². The molecule has 1 aliphatic heterocycles. The van der Waals surface area contributed by atoms with Crippen molar-refractivity contribution in [2.75, 3.05) is 12.4 Å². The molecule has 16 heavy (non-hydrogen) atoms. The second-order valence-electron chi connectivity index (χ2n) is 4.09. The average Bonchev–Trinajstić information content (AvgIpc) is 2.63. The lowest BCUT2D eigenvalue weighted by molar-refractivity contribution is -0.128. The van der Waals surface area contributed by atoms with E-state index in [0.717, 1.165) is 12.1 Å². The summed E-state index contributed by atoms with van der Waals surface area (Å²) in [6, 6.07) is 7.61. The smallest absolute Gasteiger partial charge is 0.223 e. The number of benzene rings is 1. The molecule has 1 aromatic rings. The number of alkyl halides is 1. The van der Waals surface area contributed by atoms with Crippen LogP contribution in [0.4, 0.5) is 0 Å². The minimum absolute atomic E-state index is 0.172. The normalized spacial score (nSPS) is 20.5. The lowest BCUT2D eigenvalue weighted by Crippen LogP contribution is -2.24. The first-order chi connectivity index (χ1) is 7.70. The van der Waals surface area contributed by atoms with Crippen LogP contribution in [0.2, 0.25) is 5.02 Å². The van der Waals surface area contributed by atoms with E-state index in [2.05, 4.69) is 0 Å². The fraction of sp³-hybridized carbons (Fsp3) is 0.417. The molecule has 0 N–H and O–H groups in total. The standard InChI is InChI=1S/C12H13Cl2NO/c13-6-9-5-12(16)15(7-9)8-10-3-1-2-4-11(10)14/h1-4,9H,5-8H2. The van der Waals surface area contributed by atoms with Crippen LogP contribution in [0.15, 0.2) is 24.3 Å². The quantitative estimate of drug-likeness (QED) is 0.763. The van der Waals surface area contributed by atoms with Crippen molar-refractivity contribution in [2.24, 2.45) is 5.92 Å². The number of hydrogen-bond acceptors (Lipinski definition) is 1. The molecule has 4 heteroatoms. The van der Waals surface area contributed by atoms with Gasteiger partial charge in [-0.3, -0.25) is 4.79 Å². The van der Waals surface area contributed by atoms with E-state index in [1.165, 1.54) is 0 Å². The summed E-state index contributed by atoms with van der Waals surface area (Å²) in [6.07, 6.45) is 0.563. The summed E-state index contributed by atoms with van der Waals surface area (Å²) < 4.78 is 0. The lowest BCUT2D eigenvalue weighted by Gasteiger charge is -2.17. The third kappa shape index (κ3) is 2.50. The highest BCUT2D eigenvalue weighted by molar-refractivity contribution is 6.31. The topological polar surface area (TPSA) is 20.3 Å². The van der Waals surface area contributed by atoms with Crippen molar-refractivity contribution in [3.63, 3.8) is 0 Å². The first-order valence-electron chi connectivity index (χ1n) is 5.28. The van der Waals surface area contributed by atoms with E-state index in [1.807, 2.05) is 29.2 Å². The van der Waals surface area contributed by atoms with Gasteiger partial charge in [-0.1, -0.05) is 29.8 Å². The van der Waals surface area contributed by atoms with E-state index in [4.69, 9.17) is 23.2 Å². The lowest BCUT2D eigenvalue weighted by atomic mass is 10.1. The number of carbonyl (C=O) groups excluding carboxylic acids is 1. The van der Waals surface area contributed by atoms with Gasteiger partial charge < -0.3 is 4.90 Å². The van der Waals surface area contributed by atoms with Gasteiger partial charge >= 0.3 is 0 Å². The van der Waals surface area contributed by atoms with Gasteiger partial charge in [-0.25, -0.2) is 0 Å². The maximum atomic E-state index is 11.7. The summed E-state index contributed by atoms with van der Waals surface area (Å²) in [6.45, 7) is 1.33. The molecule has 1 unspecified atom stereocenters. The summed E-state index contributed by atoms with van der Waals surface area (Å²) in [5.74, 6) is 1.01. The molecule has 1 aliphatic rings. The van der Waals surface area contributed by atoms with Crippen molar-refractivity contribution in [1.29, 1.82) is 0 Å². The fourth-order valence-corrected chi connectivity index (χ4v) is 2.34. The predicted molar refractivity (Wildman–Crippen MR) is 65.7 cm³/mol. The van der Waals surface area contributed by atoms with E-state index in [9.17, 15) is 4.79 Å². The van der Waals surface area contributed by atoms with Crippen molar-refractivity contribution in [3.05, 3.63) is 34.9 Å². The Hall–Kier alpha value is -0.730. The molecule has 1 fully saturated rings. The Kier molecular flexibility index (Phi) is 3.72. The SMILES string of the molecule is O=C1CC(CCl)CN1Cc1ccccc1Cl. The zero-order valence-electron chi connectivity index (χ0n) is 8.83. The van der Waals surface area contributed by atoms with Crippen molar-refractivity contribution >= 4 is 29.1 Å². The minimum Gasteiger partial charge on any atom is -0.338 e. The predicted octanol–water partition coefficient (Wildman–Crippen LogP) is 2.93. The number of likely N-dealkylation sites (tertiary alicyclic amines) is 1. The first kappa shape index (κ1) is 11.7. The summed E-state index contributed by atoms with van der Waals surface area (Å²) in [5.41, 5.74) is 0.993. The number of amides is 1. The molecular formula is C12H13Cl2NO. The second-order valence-corrected chi connectivity index (χ2v) is 4.81. The van der Waals surface area contributed by atoms with Gasteiger partial charge in [0.1, 0.15) is 0 Å². The highest BCUT2D eigenvalue weighted by atomic mass is 35.5. The van der Waals surface area contributed by atoms with Crippen LogP contribution in [0.3, 0.4) is 0 Å². The van der Waals surface area contributed by atoms with Crippen LogP contribution < -0.4 is 0 Å². The molecule has 2 rings (SSSR count). The third-order valence-electron chi connectivity index (χ3n) is 2.83. The second kappa shape index (κ2) is 5.07. The number of hydrogen-bond donors (Lipinski definition) is 0. The molecule has 0 radical (unpaired) electrons. The van der Waals surface area contributed by atoms with E-state index < -0.39 is 0 Å². The Morgan fingerprint density at radius 3 is 2.75 bits per heavy atom. The Balaban J connectivity index is 2.06. The van der Waals surface area contributed by atoms with Gasteiger partial charge in [-0.2, -0.15) is 0 Å². The maximum absolute atomic E-state index is 11.7. The van der Waals surface area contributed by atoms with Gasteiger partial charge in [-0.15, -0.1) is 11.6 Å².